The molecule has 3 nitrogen and oxygen atoms in total. The molecule has 0 aromatic heterocycles. The number of aliphatic imine (C=N–C) groups is 1. The molecule has 1 unspecified atom stereocenters. The number of aryl methyl sites for hydroxylation is 2. The second-order valence-electron chi connectivity index (χ2n) is 4.95. The van der Waals surface area contributed by atoms with Crippen LogP contribution in [0.2, 0.25) is 0 Å². The molecule has 0 bridgehead atoms. The van der Waals surface area contributed by atoms with Crippen molar-refractivity contribution in [1.82, 2.24) is 5.32 Å². The smallest absolute Gasteiger partial charge is 0.175 e. The first kappa shape index (κ1) is 10.7. The molecule has 2 heterocycles. The molecule has 3 heteroatoms. The fourth-order valence-electron chi connectivity index (χ4n) is 2.76. The van der Waals surface area contributed by atoms with Gasteiger partial charge in [-0.15, -0.1) is 0 Å². The zero-order valence-corrected chi connectivity index (χ0v) is 10.2. The number of ketones is 1. The first-order chi connectivity index (χ1) is 8.16. The largest absolute Gasteiger partial charge is 0.315 e. The van der Waals surface area contributed by atoms with E-state index in [0.717, 1.165) is 47.6 Å². The highest BCUT2D eigenvalue weighted by Crippen LogP contribution is 2.34. The third-order valence-corrected chi connectivity index (χ3v) is 3.59. The summed E-state index contributed by atoms with van der Waals surface area (Å²) in [6.07, 6.45) is 0.892. The van der Waals surface area contributed by atoms with Gasteiger partial charge >= 0.3 is 0 Å². The summed E-state index contributed by atoms with van der Waals surface area (Å²) >= 11 is 0. The molecule has 2 aliphatic heterocycles. The Kier molecular flexibility index (Phi) is 2.37. The van der Waals surface area contributed by atoms with Crippen molar-refractivity contribution in [3.8, 4) is 0 Å². The summed E-state index contributed by atoms with van der Waals surface area (Å²) in [6, 6.07) is 4.07. The van der Waals surface area contributed by atoms with Gasteiger partial charge in [0.05, 0.1) is 11.6 Å². The Hall–Kier alpha value is -1.48. The second-order valence-corrected chi connectivity index (χ2v) is 4.95. The molecular formula is C14H16N2O. The van der Waals surface area contributed by atoms with Crippen molar-refractivity contribution in [3.05, 3.63) is 28.8 Å². The number of fused-ring (bicyclic) bond motifs is 2. The van der Waals surface area contributed by atoms with Crippen LogP contribution >= 0.6 is 0 Å². The van der Waals surface area contributed by atoms with Crippen molar-refractivity contribution in [1.29, 1.82) is 0 Å². The van der Waals surface area contributed by atoms with E-state index in [1.807, 2.05) is 19.9 Å². The number of carbonyl (C=O) groups is 1. The maximum atomic E-state index is 12.4. The van der Waals surface area contributed by atoms with E-state index >= 15 is 0 Å². The van der Waals surface area contributed by atoms with Crippen molar-refractivity contribution >= 4 is 17.2 Å². The fourth-order valence-corrected chi connectivity index (χ4v) is 2.76. The summed E-state index contributed by atoms with van der Waals surface area (Å²) in [7, 11) is 0. The average Bonchev–Trinajstić information content (AvgIpc) is 2.31. The van der Waals surface area contributed by atoms with Crippen LogP contribution in [-0.4, -0.2) is 24.6 Å². The molecule has 17 heavy (non-hydrogen) atoms. The van der Waals surface area contributed by atoms with Crippen molar-refractivity contribution in [2.45, 2.75) is 20.3 Å². The van der Waals surface area contributed by atoms with Gasteiger partial charge in [-0.25, -0.2) is 0 Å². The minimum absolute atomic E-state index is 0.0301. The maximum Gasteiger partial charge on any atom is 0.175 e. The Balaban J connectivity index is 2.19. The lowest BCUT2D eigenvalue weighted by Gasteiger charge is -2.29. The lowest BCUT2D eigenvalue weighted by atomic mass is 9.84. The minimum Gasteiger partial charge on any atom is -0.315 e. The molecule has 0 aliphatic carbocycles. The predicted octanol–water partition coefficient (Wildman–Crippen LogP) is 2.18. The molecule has 1 N–H and O–H groups in total. The zero-order chi connectivity index (χ0) is 12.0. The molecule has 0 amide bonds. The molecule has 1 atom stereocenters. The number of Topliss-reactive ketones (excluding diaryl/α,β-unsaturated/α-hetero) is 1. The highest BCUT2D eigenvalue weighted by atomic mass is 16.1. The van der Waals surface area contributed by atoms with E-state index in [-0.39, 0.29) is 11.7 Å². The van der Waals surface area contributed by atoms with Crippen LogP contribution in [0.4, 0.5) is 5.69 Å². The topological polar surface area (TPSA) is 41.5 Å². The molecule has 0 spiro atoms. The highest BCUT2D eigenvalue weighted by molar-refractivity contribution is 6.19. The summed E-state index contributed by atoms with van der Waals surface area (Å²) in [6.45, 7) is 5.73. The maximum absolute atomic E-state index is 12.4. The van der Waals surface area contributed by atoms with Gasteiger partial charge in [0.1, 0.15) is 0 Å². The SMILES string of the molecule is Cc1cc(C)c2c(c1)C(=O)C1CNCCC1=N2. The second kappa shape index (κ2) is 3.77. The van der Waals surface area contributed by atoms with Crippen LogP contribution in [0.1, 0.15) is 27.9 Å². The Morgan fingerprint density at radius 3 is 3.00 bits per heavy atom. The van der Waals surface area contributed by atoms with Crippen LogP contribution in [-0.2, 0) is 0 Å². The van der Waals surface area contributed by atoms with E-state index < -0.39 is 0 Å². The Morgan fingerprint density at radius 2 is 2.18 bits per heavy atom. The molecule has 1 saturated heterocycles. The number of piperidine rings is 1. The summed E-state index contributed by atoms with van der Waals surface area (Å²) < 4.78 is 0. The number of nitrogens with one attached hydrogen (secondary N) is 1. The fraction of sp³-hybridized carbons (Fsp3) is 0.429. The summed E-state index contributed by atoms with van der Waals surface area (Å²) in [5.41, 5.74) is 5.01. The number of hydrogen-bond donors (Lipinski definition) is 1. The van der Waals surface area contributed by atoms with Crippen molar-refractivity contribution in [2.75, 3.05) is 13.1 Å². The van der Waals surface area contributed by atoms with Gasteiger partial charge in [0.15, 0.2) is 5.78 Å². The number of benzene rings is 1. The van der Waals surface area contributed by atoms with Crippen LogP contribution < -0.4 is 5.32 Å². The van der Waals surface area contributed by atoms with Crippen molar-refractivity contribution < 1.29 is 4.79 Å². The van der Waals surface area contributed by atoms with E-state index in [1.165, 1.54) is 0 Å². The quantitative estimate of drug-likeness (QED) is 0.739. The molecule has 0 radical (unpaired) electrons. The summed E-state index contributed by atoms with van der Waals surface area (Å²) in [5.74, 6) is 0.210. The van der Waals surface area contributed by atoms with Gasteiger partial charge in [0.2, 0.25) is 0 Å². The van der Waals surface area contributed by atoms with E-state index in [2.05, 4.69) is 11.4 Å². The molecule has 2 aliphatic rings. The lowest BCUT2D eigenvalue weighted by molar-refractivity contribution is 0.0948. The summed E-state index contributed by atoms with van der Waals surface area (Å²) in [4.78, 5) is 17.1. The van der Waals surface area contributed by atoms with Gasteiger partial charge in [-0.1, -0.05) is 6.07 Å². The van der Waals surface area contributed by atoms with Gasteiger partial charge in [-0.3, -0.25) is 9.79 Å². The number of carbonyl (C=O) groups excluding carboxylic acids is 1. The normalized spacial score (nSPS) is 22.8. The van der Waals surface area contributed by atoms with Crippen LogP contribution in [0.25, 0.3) is 0 Å². The van der Waals surface area contributed by atoms with Gasteiger partial charge < -0.3 is 5.32 Å². The molecule has 3 rings (SSSR count). The van der Waals surface area contributed by atoms with Gasteiger partial charge in [0, 0.05) is 24.4 Å². The molecule has 0 saturated carbocycles. The first-order valence-corrected chi connectivity index (χ1v) is 6.10. The van der Waals surface area contributed by atoms with E-state index in [1.54, 1.807) is 0 Å². The van der Waals surface area contributed by atoms with Crippen LogP contribution in [0.15, 0.2) is 17.1 Å². The predicted molar refractivity (Wildman–Crippen MR) is 68.3 cm³/mol. The Labute approximate surface area is 101 Å². The van der Waals surface area contributed by atoms with E-state index in [0.29, 0.717) is 0 Å². The average molecular weight is 228 g/mol. The molecule has 88 valence electrons. The summed E-state index contributed by atoms with van der Waals surface area (Å²) in [5, 5.41) is 3.27. The highest BCUT2D eigenvalue weighted by Gasteiger charge is 2.33. The van der Waals surface area contributed by atoms with Gasteiger partial charge in [0.25, 0.3) is 0 Å². The Bertz CT molecular complexity index is 531. The molecule has 1 aromatic rings. The number of rotatable bonds is 0. The molecular weight excluding hydrogens is 212 g/mol. The monoisotopic (exact) mass is 228 g/mol. The molecule has 1 aromatic carbocycles. The first-order valence-electron chi connectivity index (χ1n) is 6.10. The zero-order valence-electron chi connectivity index (χ0n) is 10.2. The number of nitrogens with zero attached hydrogens (tertiary/aromatic N) is 1. The molecule has 1 fully saturated rings. The van der Waals surface area contributed by atoms with E-state index in [9.17, 15) is 4.79 Å². The van der Waals surface area contributed by atoms with Crippen LogP contribution in [0.3, 0.4) is 0 Å². The van der Waals surface area contributed by atoms with E-state index in [4.69, 9.17) is 4.99 Å². The standard InChI is InChI=1S/C14H16N2O/c1-8-5-9(2)13-10(6-8)14(17)11-7-15-4-3-12(11)16-13/h5-6,11,15H,3-4,7H2,1-2H3. The number of hydrogen-bond acceptors (Lipinski definition) is 3. The Morgan fingerprint density at radius 1 is 1.35 bits per heavy atom. The van der Waals surface area contributed by atoms with Crippen LogP contribution in [0.5, 0.6) is 0 Å². The third kappa shape index (κ3) is 1.62. The van der Waals surface area contributed by atoms with Crippen LogP contribution in [0, 0.1) is 19.8 Å². The van der Waals surface area contributed by atoms with Crippen molar-refractivity contribution in [2.24, 2.45) is 10.9 Å². The minimum atomic E-state index is -0.0301. The van der Waals surface area contributed by atoms with Gasteiger partial charge in [-0.2, -0.15) is 0 Å². The van der Waals surface area contributed by atoms with Gasteiger partial charge in [-0.05, 0) is 37.5 Å². The van der Waals surface area contributed by atoms with Crippen molar-refractivity contribution in [3.63, 3.8) is 0 Å². The third-order valence-electron chi connectivity index (χ3n) is 3.59. The lowest BCUT2D eigenvalue weighted by Crippen LogP contribution is -2.42.